The van der Waals surface area contributed by atoms with Crippen molar-refractivity contribution in [2.24, 2.45) is 0 Å². The molecule has 0 saturated carbocycles. The van der Waals surface area contributed by atoms with Gasteiger partial charge in [-0.15, -0.1) is 0 Å². The van der Waals surface area contributed by atoms with Crippen molar-refractivity contribution in [2.45, 2.75) is 58.2 Å². The van der Waals surface area contributed by atoms with E-state index < -0.39 is 0 Å². The normalized spacial score (nSPS) is 14.0. The molecule has 1 nitrogen and oxygen atoms in total. The molecule has 1 atom stereocenters. The van der Waals surface area contributed by atoms with Gasteiger partial charge in [-0.2, -0.15) is 0 Å². The lowest BCUT2D eigenvalue weighted by atomic mass is 9.99. The van der Waals surface area contributed by atoms with Crippen LogP contribution in [0.2, 0.25) is 0 Å². The zero-order valence-electron chi connectivity index (χ0n) is 12.2. The largest absolute Gasteiger partial charge is 0.256 e. The van der Waals surface area contributed by atoms with Gasteiger partial charge in [0.05, 0.1) is 0 Å². The Bertz CT molecular complexity index is 396. The standard InChI is InChI=1S/C15H24FNS/c1-10(2)12-7-8-13(14(16)9-12)11(3)17-18-15(4,5)6/h7-11,17H,1-6H3/t11-/m0/s1. The molecule has 0 unspecified atom stereocenters. The van der Waals surface area contributed by atoms with Gasteiger partial charge in [0.1, 0.15) is 5.82 Å². The Kier molecular flexibility index (Phi) is 5.23. The number of hydrogen-bond donors (Lipinski definition) is 1. The Hall–Kier alpha value is -0.540. The summed E-state index contributed by atoms with van der Waals surface area (Å²) in [5.41, 5.74) is 1.78. The van der Waals surface area contributed by atoms with Crippen molar-refractivity contribution in [3.05, 3.63) is 35.1 Å². The summed E-state index contributed by atoms with van der Waals surface area (Å²) in [7, 11) is 0. The highest BCUT2D eigenvalue weighted by molar-refractivity contribution is 7.98. The number of hydrogen-bond acceptors (Lipinski definition) is 2. The molecule has 18 heavy (non-hydrogen) atoms. The number of rotatable bonds is 4. The van der Waals surface area contributed by atoms with Crippen LogP contribution in [0, 0.1) is 5.82 Å². The van der Waals surface area contributed by atoms with Crippen molar-refractivity contribution < 1.29 is 4.39 Å². The zero-order valence-corrected chi connectivity index (χ0v) is 13.0. The summed E-state index contributed by atoms with van der Waals surface area (Å²) >= 11 is 1.64. The Morgan fingerprint density at radius 2 is 1.78 bits per heavy atom. The van der Waals surface area contributed by atoms with Crippen molar-refractivity contribution in [1.82, 2.24) is 4.72 Å². The monoisotopic (exact) mass is 269 g/mol. The molecule has 0 aromatic heterocycles. The highest BCUT2D eigenvalue weighted by Gasteiger charge is 2.16. The molecule has 1 aromatic rings. The van der Waals surface area contributed by atoms with Crippen LogP contribution >= 0.6 is 11.9 Å². The summed E-state index contributed by atoms with van der Waals surface area (Å²) < 4.78 is 17.5. The maximum absolute atomic E-state index is 14.0. The van der Waals surface area contributed by atoms with E-state index in [0.29, 0.717) is 5.92 Å². The van der Waals surface area contributed by atoms with E-state index in [9.17, 15) is 4.39 Å². The minimum atomic E-state index is -0.115. The van der Waals surface area contributed by atoms with Gasteiger partial charge in [0, 0.05) is 16.4 Å². The molecule has 0 amide bonds. The van der Waals surface area contributed by atoms with E-state index >= 15 is 0 Å². The lowest BCUT2D eigenvalue weighted by Crippen LogP contribution is -2.20. The Morgan fingerprint density at radius 1 is 1.17 bits per heavy atom. The topological polar surface area (TPSA) is 12.0 Å². The quantitative estimate of drug-likeness (QED) is 0.768. The minimum absolute atomic E-state index is 0.00966. The maximum Gasteiger partial charge on any atom is 0.128 e. The highest BCUT2D eigenvalue weighted by atomic mass is 32.2. The highest BCUT2D eigenvalue weighted by Crippen LogP contribution is 2.27. The zero-order chi connectivity index (χ0) is 13.9. The van der Waals surface area contributed by atoms with E-state index in [-0.39, 0.29) is 16.6 Å². The first kappa shape index (κ1) is 15.5. The Morgan fingerprint density at radius 3 is 2.22 bits per heavy atom. The third-order valence-electron chi connectivity index (χ3n) is 2.70. The maximum atomic E-state index is 14.0. The smallest absolute Gasteiger partial charge is 0.128 e. The van der Waals surface area contributed by atoms with E-state index in [0.717, 1.165) is 11.1 Å². The van der Waals surface area contributed by atoms with Crippen molar-refractivity contribution in [3.8, 4) is 0 Å². The second-order valence-corrected chi connectivity index (χ2v) is 7.65. The van der Waals surface area contributed by atoms with Crippen LogP contribution in [0.25, 0.3) is 0 Å². The predicted octanol–water partition coefficient (Wildman–Crippen LogP) is 5.05. The van der Waals surface area contributed by atoms with Crippen LogP contribution in [0.4, 0.5) is 4.39 Å². The van der Waals surface area contributed by atoms with Gasteiger partial charge < -0.3 is 0 Å². The van der Waals surface area contributed by atoms with Crippen LogP contribution in [-0.4, -0.2) is 4.75 Å². The first-order valence-electron chi connectivity index (χ1n) is 6.43. The van der Waals surface area contributed by atoms with Gasteiger partial charge in [0.25, 0.3) is 0 Å². The molecule has 1 N–H and O–H groups in total. The van der Waals surface area contributed by atoms with E-state index in [4.69, 9.17) is 0 Å². The fraction of sp³-hybridized carbons (Fsp3) is 0.600. The fourth-order valence-electron chi connectivity index (χ4n) is 1.58. The molecule has 102 valence electrons. The van der Waals surface area contributed by atoms with Crippen LogP contribution < -0.4 is 4.72 Å². The van der Waals surface area contributed by atoms with Gasteiger partial charge in [0.2, 0.25) is 0 Å². The average Bonchev–Trinajstić information content (AvgIpc) is 2.24. The fourth-order valence-corrected chi connectivity index (χ4v) is 2.24. The van der Waals surface area contributed by atoms with Crippen LogP contribution in [-0.2, 0) is 0 Å². The number of halogens is 1. The van der Waals surface area contributed by atoms with Gasteiger partial charge in [0.15, 0.2) is 0 Å². The molecule has 0 saturated heterocycles. The number of nitrogens with one attached hydrogen (secondary N) is 1. The molecule has 1 aromatic carbocycles. The summed E-state index contributed by atoms with van der Waals surface area (Å²) in [5, 5.41) is 0. The van der Waals surface area contributed by atoms with Crippen LogP contribution in [0.5, 0.6) is 0 Å². The first-order valence-corrected chi connectivity index (χ1v) is 7.25. The molecule has 0 fully saturated rings. The van der Waals surface area contributed by atoms with Gasteiger partial charge >= 0.3 is 0 Å². The second kappa shape index (κ2) is 6.07. The number of benzene rings is 1. The molecular formula is C15H24FNS. The molecule has 0 bridgehead atoms. The third-order valence-corrected chi connectivity index (χ3v) is 3.78. The minimum Gasteiger partial charge on any atom is -0.256 e. The lowest BCUT2D eigenvalue weighted by Gasteiger charge is -2.22. The van der Waals surface area contributed by atoms with Crippen molar-refractivity contribution in [1.29, 1.82) is 0 Å². The van der Waals surface area contributed by atoms with Crippen molar-refractivity contribution >= 4 is 11.9 Å². The van der Waals surface area contributed by atoms with E-state index in [2.05, 4.69) is 39.3 Å². The summed E-state index contributed by atoms with van der Waals surface area (Å²) in [5.74, 6) is 0.247. The average molecular weight is 269 g/mol. The van der Waals surface area contributed by atoms with Crippen molar-refractivity contribution in [2.75, 3.05) is 0 Å². The van der Waals surface area contributed by atoms with Gasteiger partial charge in [-0.25, -0.2) is 4.39 Å². The van der Waals surface area contributed by atoms with Crippen LogP contribution in [0.15, 0.2) is 18.2 Å². The molecule has 0 aliphatic rings. The first-order chi connectivity index (χ1) is 8.20. The molecule has 0 aliphatic heterocycles. The molecule has 0 radical (unpaired) electrons. The summed E-state index contributed by atoms with van der Waals surface area (Å²) in [6.45, 7) is 12.5. The second-order valence-electron chi connectivity index (χ2n) is 5.99. The molecule has 0 aliphatic carbocycles. The van der Waals surface area contributed by atoms with E-state index in [1.54, 1.807) is 18.0 Å². The molecule has 0 spiro atoms. The Balaban J connectivity index is 2.77. The Labute approximate surface area is 115 Å². The van der Waals surface area contributed by atoms with Gasteiger partial charge in [-0.3, -0.25) is 4.72 Å². The summed E-state index contributed by atoms with van der Waals surface area (Å²) in [6.07, 6.45) is 0. The molecular weight excluding hydrogens is 245 g/mol. The molecule has 0 heterocycles. The van der Waals surface area contributed by atoms with Crippen LogP contribution in [0.3, 0.4) is 0 Å². The predicted molar refractivity (Wildman–Crippen MR) is 79.4 cm³/mol. The molecule has 3 heteroatoms. The third kappa shape index (κ3) is 4.62. The van der Waals surface area contributed by atoms with Gasteiger partial charge in [-0.1, -0.05) is 37.9 Å². The summed E-state index contributed by atoms with van der Waals surface area (Å²) in [4.78, 5) is 0. The van der Waals surface area contributed by atoms with Crippen LogP contribution in [0.1, 0.15) is 64.6 Å². The molecule has 1 rings (SSSR count). The van der Waals surface area contributed by atoms with E-state index in [1.807, 2.05) is 19.1 Å². The van der Waals surface area contributed by atoms with Crippen molar-refractivity contribution in [3.63, 3.8) is 0 Å². The van der Waals surface area contributed by atoms with E-state index in [1.165, 1.54) is 0 Å². The SMILES string of the molecule is CC(C)c1ccc([C@H](C)NSC(C)(C)C)c(F)c1. The lowest BCUT2D eigenvalue weighted by molar-refractivity contribution is 0.580. The van der Waals surface area contributed by atoms with Gasteiger partial charge in [-0.05, 0) is 45.2 Å². The summed E-state index contributed by atoms with van der Waals surface area (Å²) in [6, 6.07) is 5.57.